The molecule has 0 aliphatic carbocycles. The number of benzene rings is 2. The van der Waals surface area contributed by atoms with Gasteiger partial charge in [0.05, 0.1) is 6.04 Å². The Morgan fingerprint density at radius 1 is 0.875 bits per heavy atom. The van der Waals surface area contributed by atoms with Crippen LogP contribution in [-0.4, -0.2) is 55.5 Å². The first-order chi connectivity index (χ1) is 19.1. The van der Waals surface area contributed by atoms with Crippen molar-refractivity contribution in [3.8, 4) is 5.75 Å². The van der Waals surface area contributed by atoms with E-state index in [1.165, 1.54) is 0 Å². The Morgan fingerprint density at radius 2 is 1.60 bits per heavy atom. The van der Waals surface area contributed by atoms with Gasteiger partial charge in [-0.25, -0.2) is 0 Å². The zero-order valence-electron chi connectivity index (χ0n) is 24.0. The number of aryl methyl sites for hydroxylation is 1. The molecule has 2 aromatic rings. The van der Waals surface area contributed by atoms with Crippen LogP contribution in [0.25, 0.3) is 0 Å². The summed E-state index contributed by atoms with van der Waals surface area (Å²) in [5, 5.41) is 12.8. The minimum atomic E-state index is -0.800. The molecule has 9 heteroatoms. The van der Waals surface area contributed by atoms with Gasteiger partial charge in [-0.2, -0.15) is 0 Å². The van der Waals surface area contributed by atoms with Crippen molar-refractivity contribution in [3.05, 3.63) is 64.7 Å². The molecule has 0 saturated heterocycles. The lowest BCUT2D eigenvalue weighted by molar-refractivity contribution is -0.133. The van der Waals surface area contributed by atoms with E-state index in [0.29, 0.717) is 37.6 Å². The van der Waals surface area contributed by atoms with Crippen molar-refractivity contribution in [2.45, 2.75) is 71.5 Å². The molecule has 4 N–H and O–H groups in total. The monoisotopic (exact) mass is 570 g/mol. The largest absolute Gasteiger partial charge is 0.492 e. The molecular weight excluding hydrogens is 528 g/mol. The van der Waals surface area contributed by atoms with Gasteiger partial charge in [-0.3, -0.25) is 14.4 Å². The van der Waals surface area contributed by atoms with Crippen LogP contribution < -0.4 is 26.0 Å². The highest BCUT2D eigenvalue weighted by molar-refractivity contribution is 6.30. The maximum atomic E-state index is 13.6. The molecule has 1 aliphatic rings. The predicted molar refractivity (Wildman–Crippen MR) is 158 cm³/mol. The molecule has 1 heterocycles. The molecule has 218 valence electrons. The fraction of sp³-hybridized carbons (Fsp3) is 0.516. The van der Waals surface area contributed by atoms with E-state index in [4.69, 9.17) is 16.3 Å². The van der Waals surface area contributed by atoms with Gasteiger partial charge in [-0.05, 0) is 66.8 Å². The number of carbonyl (C=O) groups is 3. The van der Waals surface area contributed by atoms with Crippen LogP contribution in [0.15, 0.2) is 48.5 Å². The number of carbonyl (C=O) groups excluding carboxylic acids is 3. The fourth-order valence-electron chi connectivity index (χ4n) is 4.73. The standard InChI is InChI=1S/C31H43ClN4O4/c1-20(2)18-26-29(37)34-15-7-9-23-8-5-6-10-27(23)40-17-16-33-25(19-22-11-13-24(32)14-12-22)30(38)36-28(21(3)4)31(39)35-26/h5-6,8,10-14,20-21,25-26,28,33H,7,9,15-19H2,1-4H3,(H,34,37)(H,35,39)(H,36,38)/t25-,26+,28-/m1/s1. The first-order valence-corrected chi connectivity index (χ1v) is 14.6. The fourth-order valence-corrected chi connectivity index (χ4v) is 4.85. The van der Waals surface area contributed by atoms with E-state index in [2.05, 4.69) is 21.3 Å². The summed E-state index contributed by atoms with van der Waals surface area (Å²) in [6.45, 7) is 9.05. The van der Waals surface area contributed by atoms with Crippen LogP contribution in [0.5, 0.6) is 5.75 Å². The lowest BCUT2D eigenvalue weighted by atomic mass is 9.99. The van der Waals surface area contributed by atoms with E-state index >= 15 is 0 Å². The zero-order valence-corrected chi connectivity index (χ0v) is 24.7. The van der Waals surface area contributed by atoms with Gasteiger partial charge in [0, 0.05) is 18.1 Å². The van der Waals surface area contributed by atoms with Crippen LogP contribution >= 0.6 is 11.6 Å². The molecule has 1 aliphatic heterocycles. The maximum absolute atomic E-state index is 13.6. The highest BCUT2D eigenvalue weighted by atomic mass is 35.5. The second kappa shape index (κ2) is 15.6. The van der Waals surface area contributed by atoms with E-state index < -0.39 is 18.1 Å². The van der Waals surface area contributed by atoms with Crippen LogP contribution in [0.3, 0.4) is 0 Å². The number of halogens is 1. The summed E-state index contributed by atoms with van der Waals surface area (Å²) < 4.78 is 6.08. The van der Waals surface area contributed by atoms with E-state index in [0.717, 1.165) is 29.7 Å². The van der Waals surface area contributed by atoms with Crippen LogP contribution in [0, 0.1) is 11.8 Å². The SMILES string of the molecule is CC(C)C[C@@H]1NC(=O)[C@@H](C(C)C)NC(=O)[C@@H](Cc2ccc(Cl)cc2)NCCOc2ccccc2CCCNC1=O. The Bertz CT molecular complexity index is 1120. The van der Waals surface area contributed by atoms with Crippen molar-refractivity contribution < 1.29 is 19.1 Å². The third kappa shape index (κ3) is 9.82. The smallest absolute Gasteiger partial charge is 0.243 e. The molecule has 8 nitrogen and oxygen atoms in total. The van der Waals surface area contributed by atoms with Crippen molar-refractivity contribution in [2.24, 2.45) is 11.8 Å². The lowest BCUT2D eigenvalue weighted by Gasteiger charge is -2.28. The van der Waals surface area contributed by atoms with Crippen molar-refractivity contribution in [2.75, 3.05) is 19.7 Å². The summed E-state index contributed by atoms with van der Waals surface area (Å²) in [5.74, 6) is -0.0849. The third-order valence-corrected chi connectivity index (χ3v) is 7.15. The Labute approximate surface area is 243 Å². The van der Waals surface area contributed by atoms with Crippen LogP contribution in [0.4, 0.5) is 0 Å². The normalized spacial score (nSPS) is 21.9. The Morgan fingerprint density at radius 3 is 2.30 bits per heavy atom. The minimum Gasteiger partial charge on any atom is -0.492 e. The van der Waals surface area contributed by atoms with Gasteiger partial charge < -0.3 is 26.0 Å². The highest BCUT2D eigenvalue weighted by Crippen LogP contribution is 2.19. The number of rotatable bonds is 5. The van der Waals surface area contributed by atoms with Crippen molar-refractivity contribution in [1.29, 1.82) is 0 Å². The van der Waals surface area contributed by atoms with Gasteiger partial charge in [0.15, 0.2) is 0 Å². The maximum Gasteiger partial charge on any atom is 0.243 e. The average molecular weight is 571 g/mol. The van der Waals surface area contributed by atoms with E-state index in [1.807, 2.05) is 64.1 Å². The molecule has 0 aromatic heterocycles. The van der Waals surface area contributed by atoms with Crippen LogP contribution in [0.1, 0.15) is 51.7 Å². The van der Waals surface area contributed by atoms with Gasteiger partial charge in [0.25, 0.3) is 0 Å². The Balaban J connectivity index is 1.86. The van der Waals surface area contributed by atoms with Crippen LogP contribution in [0.2, 0.25) is 5.02 Å². The Hall–Kier alpha value is -3.10. The molecule has 40 heavy (non-hydrogen) atoms. The summed E-state index contributed by atoms with van der Waals surface area (Å²) in [5.41, 5.74) is 1.99. The number of ether oxygens (including phenoxy) is 1. The molecule has 0 unspecified atom stereocenters. The summed E-state index contributed by atoms with van der Waals surface area (Å²) in [6, 6.07) is 13.1. The molecule has 3 atom stereocenters. The number of fused-ring (bicyclic) bond motifs is 1. The first kappa shape index (κ1) is 31.4. The number of hydrogen-bond acceptors (Lipinski definition) is 5. The molecule has 0 saturated carbocycles. The summed E-state index contributed by atoms with van der Waals surface area (Å²) in [4.78, 5) is 40.1. The summed E-state index contributed by atoms with van der Waals surface area (Å²) in [6.07, 6.45) is 2.38. The van der Waals surface area contributed by atoms with E-state index in [9.17, 15) is 14.4 Å². The summed E-state index contributed by atoms with van der Waals surface area (Å²) in [7, 11) is 0. The molecular formula is C31H43ClN4O4. The van der Waals surface area contributed by atoms with Crippen molar-refractivity contribution in [3.63, 3.8) is 0 Å². The molecule has 0 spiro atoms. The number of nitrogens with one attached hydrogen (secondary N) is 4. The summed E-state index contributed by atoms with van der Waals surface area (Å²) >= 11 is 6.06. The average Bonchev–Trinajstić information content (AvgIpc) is 2.91. The first-order valence-electron chi connectivity index (χ1n) is 14.2. The van der Waals surface area contributed by atoms with Gasteiger partial charge in [0.1, 0.15) is 24.4 Å². The Kier molecular flexibility index (Phi) is 12.3. The second-order valence-electron chi connectivity index (χ2n) is 11.1. The second-order valence-corrected chi connectivity index (χ2v) is 11.5. The number of amides is 3. The van der Waals surface area contributed by atoms with Crippen molar-refractivity contribution >= 4 is 29.3 Å². The molecule has 0 bridgehead atoms. The van der Waals surface area contributed by atoms with E-state index in [-0.39, 0.29) is 29.6 Å². The predicted octanol–water partition coefficient (Wildman–Crippen LogP) is 3.65. The number of para-hydroxylation sites is 1. The van der Waals surface area contributed by atoms with Gasteiger partial charge in [-0.1, -0.05) is 69.6 Å². The van der Waals surface area contributed by atoms with Crippen LogP contribution in [-0.2, 0) is 27.2 Å². The van der Waals surface area contributed by atoms with Gasteiger partial charge >= 0.3 is 0 Å². The molecule has 3 amide bonds. The third-order valence-electron chi connectivity index (χ3n) is 6.90. The zero-order chi connectivity index (χ0) is 29.1. The highest BCUT2D eigenvalue weighted by Gasteiger charge is 2.31. The quantitative estimate of drug-likeness (QED) is 0.439. The topological polar surface area (TPSA) is 109 Å². The lowest BCUT2D eigenvalue weighted by Crippen LogP contribution is -2.58. The molecule has 0 fully saturated rings. The minimum absolute atomic E-state index is 0.187. The number of hydrogen-bond donors (Lipinski definition) is 4. The van der Waals surface area contributed by atoms with Crippen molar-refractivity contribution in [1.82, 2.24) is 21.3 Å². The molecule has 2 aromatic carbocycles. The van der Waals surface area contributed by atoms with E-state index in [1.54, 1.807) is 12.1 Å². The molecule has 3 rings (SSSR count). The molecule has 0 radical (unpaired) electrons. The van der Waals surface area contributed by atoms with Gasteiger partial charge in [0.2, 0.25) is 17.7 Å². The van der Waals surface area contributed by atoms with Gasteiger partial charge in [-0.15, -0.1) is 0 Å².